The number of nitrogens with zero attached hydrogens (tertiary/aromatic N) is 4. The van der Waals surface area contributed by atoms with E-state index in [2.05, 4.69) is 95.5 Å². The number of phosphoric ester groups is 1. The smallest absolute Gasteiger partial charge is 0.478 e. The van der Waals surface area contributed by atoms with Gasteiger partial charge in [-0.2, -0.15) is 0 Å². The van der Waals surface area contributed by atoms with Crippen molar-refractivity contribution in [2.45, 2.75) is 104 Å². The zero-order chi connectivity index (χ0) is 62.1. The number of H-pyrrole nitrogens is 1. The second-order valence-electron chi connectivity index (χ2n) is 21.4. The zero-order valence-electron chi connectivity index (χ0n) is 46.6. The van der Waals surface area contributed by atoms with Crippen LogP contribution in [0.3, 0.4) is 0 Å². The predicted molar refractivity (Wildman–Crippen MR) is 314 cm³/mol. The van der Waals surface area contributed by atoms with Gasteiger partial charge in [-0.05, 0) is 77.3 Å². The van der Waals surface area contributed by atoms with Crippen LogP contribution in [-0.4, -0.2) is 120 Å². The summed E-state index contributed by atoms with van der Waals surface area (Å²) in [5, 5.41) is 25.2. The van der Waals surface area contributed by atoms with Gasteiger partial charge in [0.1, 0.15) is 36.4 Å². The Morgan fingerprint density at radius 3 is 2.23 bits per heavy atom. The maximum atomic E-state index is 15.1. The molecule has 31 heteroatoms. The zero-order valence-corrected chi connectivity index (χ0v) is 52.3. The van der Waals surface area contributed by atoms with Gasteiger partial charge in [0.05, 0.1) is 49.4 Å². The van der Waals surface area contributed by atoms with Crippen LogP contribution in [0.25, 0.3) is 22.8 Å². The fourth-order valence-corrected chi connectivity index (χ4v) is 15.1. The van der Waals surface area contributed by atoms with Crippen molar-refractivity contribution in [2.24, 2.45) is 0 Å². The molecule has 0 radical (unpaired) electrons. The Morgan fingerprint density at radius 2 is 1.57 bits per heavy atom. The maximum Gasteiger partial charge on any atom is 0.478 e. The van der Waals surface area contributed by atoms with Crippen molar-refractivity contribution in [3.8, 4) is 11.5 Å². The molecule has 1 saturated heterocycles. The molecule has 24 nitrogen and oxygen atoms in total. The number of anilines is 1. The monoisotopic (exact) mass is 1300 g/mol. The first kappa shape index (κ1) is 65.2. The van der Waals surface area contributed by atoms with Crippen LogP contribution in [0.4, 0.5) is 5.69 Å². The molecule has 6 atom stereocenters. The largest absolute Gasteiger partial charge is 0.756 e. The van der Waals surface area contributed by atoms with Crippen molar-refractivity contribution in [3.05, 3.63) is 134 Å². The lowest BCUT2D eigenvalue weighted by Crippen LogP contribution is -2.49. The van der Waals surface area contributed by atoms with Crippen LogP contribution in [0.1, 0.15) is 113 Å². The number of amides is 2. The lowest BCUT2D eigenvalue weighted by molar-refractivity contribution is -0.211. The number of hydrogen-bond donors (Lipinski definition) is 7. The van der Waals surface area contributed by atoms with Gasteiger partial charge in [-0.25, -0.2) is 27.1 Å². The van der Waals surface area contributed by atoms with E-state index in [0.717, 1.165) is 39.5 Å². The molecule has 7 N–H and O–H groups in total. The molecular formula is C53H61Cl4N6O18P3. The third kappa shape index (κ3) is 13.2. The quantitative estimate of drug-likeness (QED) is 0.0208. The van der Waals surface area contributed by atoms with Crippen LogP contribution in [0.2, 0.25) is 20.1 Å². The molecule has 0 spiro atoms. The van der Waals surface area contributed by atoms with Crippen molar-refractivity contribution in [1.82, 2.24) is 24.3 Å². The summed E-state index contributed by atoms with van der Waals surface area (Å²) in [6.45, 7) is 17.0. The number of aliphatic hydroxyl groups excluding tert-OH is 2. The summed E-state index contributed by atoms with van der Waals surface area (Å²) < 4.78 is 61.5. The highest BCUT2D eigenvalue weighted by Gasteiger charge is 2.46. The number of carbonyl (C=O) groups excluding carboxylic acids is 2. The molecule has 0 bridgehead atoms. The van der Waals surface area contributed by atoms with Gasteiger partial charge in [0.2, 0.25) is 11.3 Å². The third-order valence-electron chi connectivity index (χ3n) is 14.7. The molecule has 4 aliphatic heterocycles. The highest BCUT2D eigenvalue weighted by atomic mass is 35.5. The Kier molecular flexibility index (Phi) is 19.0. The first-order valence-electron chi connectivity index (χ1n) is 26.1. The lowest BCUT2D eigenvalue weighted by atomic mass is 9.83. The molecular weight excluding hydrogens is 1240 g/mol. The normalized spacial score (nSPS) is 21.1. The number of halogens is 4. The number of phosphoric acid groups is 3. The van der Waals surface area contributed by atoms with Crippen LogP contribution in [0, 0.1) is 0 Å². The van der Waals surface area contributed by atoms with Gasteiger partial charge in [0.15, 0.2) is 11.8 Å². The average Bonchev–Trinajstić information content (AvgIpc) is 3.34. The highest BCUT2D eigenvalue weighted by molar-refractivity contribution is 7.65. The van der Waals surface area contributed by atoms with Gasteiger partial charge in [0, 0.05) is 97.9 Å². The molecule has 8 rings (SSSR count). The number of aromatic amines is 1. The van der Waals surface area contributed by atoms with Crippen molar-refractivity contribution >= 4 is 110 Å². The number of fused-ring (bicyclic) bond motifs is 4. The molecule has 4 aliphatic rings. The minimum atomic E-state index is -6.13. The van der Waals surface area contributed by atoms with E-state index in [1.807, 2.05) is 29.2 Å². The highest BCUT2D eigenvalue weighted by Crippen LogP contribution is 2.64. The van der Waals surface area contributed by atoms with E-state index in [1.54, 1.807) is 7.05 Å². The molecule has 0 saturated carbocycles. The second-order valence-corrected chi connectivity index (χ2v) is 27.3. The topological polar surface area (TPSA) is 332 Å². The number of rotatable bonds is 19. The number of nitrogens with one attached hydrogen (secondary N) is 2. The van der Waals surface area contributed by atoms with Crippen LogP contribution in [-0.2, 0) is 36.4 Å². The number of ether oxygens (including phenoxy) is 2. The third-order valence-corrected chi connectivity index (χ3v) is 20.2. The average molecular weight is 1300 g/mol. The van der Waals surface area contributed by atoms with E-state index in [9.17, 15) is 48.1 Å². The Hall–Kier alpha value is -4.78. The standard InChI is InChI=1S/C53H61Cl4N6O18P3/c1-10-62-33-20-35-31(18-29(33)26(3)22-52(62,5)6)39(32-19-30-27(4)23-53(7,8)63(11-2)34(30)21-36(32)78-35)40-41(43(55)45(57)44(56)42(40)54)49(68)60(9)17-13-15-38(64)58-16-12-14-28-24-61(51(69)59-48(28)67)50-47(66)46(65)37(79-50)25-77-83(73,74)81-84(75,76)80-82(70,71)72/h12,14,18-24,37,46-47,50,65-66H,10-11,13,15-17,25H2,1-9H3,(H5-,58,59,64,67,69,70,71,72,73,74,75,76)/b14-12+/t37-,46-,47-,50-/m1/s1. The number of allylic oxidation sites excluding steroid dienone is 2. The SMILES string of the molecule is CCN1c2cc3c(cc2C(C)=CC1(C)C)C(c1c(Cl)c(Cl)c(Cl)c(Cl)c1C(=O)N(C)CCCC(=O)NC/C=C/c1cn([C@@H]2O[C@H](COP(=O)(O)OP(=O)([O-])OP(=O)(O)O)[C@@H](O)[C@H]2O)c(=O)[nH]c1=O)=c1cc2c(cc1O3)=[N+](CC)C(C)(C)C=C2C. The van der Waals surface area contributed by atoms with Gasteiger partial charge in [-0.3, -0.25) is 33.0 Å². The Morgan fingerprint density at radius 1 is 0.905 bits per heavy atom. The maximum absolute atomic E-state index is 15.1. The number of hydrogen-bond acceptors (Lipinski definition) is 16. The summed E-state index contributed by atoms with van der Waals surface area (Å²) in [5.74, 6) is 0.00412. The van der Waals surface area contributed by atoms with E-state index >= 15 is 4.79 Å². The van der Waals surface area contributed by atoms with Crippen LogP contribution in [0.15, 0.2) is 58.3 Å². The van der Waals surface area contributed by atoms with Crippen LogP contribution >= 0.6 is 69.9 Å². The second kappa shape index (κ2) is 24.4. The first-order valence-corrected chi connectivity index (χ1v) is 32.1. The summed E-state index contributed by atoms with van der Waals surface area (Å²) in [5.41, 5.74) is 3.40. The van der Waals surface area contributed by atoms with E-state index in [-0.39, 0.29) is 73.8 Å². The predicted octanol–water partition coefficient (Wildman–Crippen LogP) is 6.24. The van der Waals surface area contributed by atoms with Gasteiger partial charge in [-0.1, -0.05) is 64.6 Å². The van der Waals surface area contributed by atoms with Crippen molar-refractivity contribution < 1.29 is 75.7 Å². The molecule has 0 aliphatic carbocycles. The van der Waals surface area contributed by atoms with Crippen LogP contribution < -0.4 is 46.2 Å². The van der Waals surface area contributed by atoms with Crippen molar-refractivity contribution in [2.75, 3.05) is 44.7 Å². The van der Waals surface area contributed by atoms with Crippen molar-refractivity contribution in [1.29, 1.82) is 0 Å². The molecule has 84 heavy (non-hydrogen) atoms. The molecule has 1 aromatic heterocycles. The number of carbonyl (C=O) groups is 2. The fraction of sp³-hybridized carbons (Fsp3) is 0.415. The molecule has 4 aromatic rings. The molecule has 3 aromatic carbocycles. The number of aliphatic hydroxyl groups is 2. The summed E-state index contributed by atoms with van der Waals surface area (Å²) in [6.07, 6.45) is 0.559. The number of aromatic nitrogens is 2. The molecule has 2 amide bonds. The van der Waals surface area contributed by atoms with Gasteiger partial charge in [0.25, 0.3) is 19.3 Å². The van der Waals surface area contributed by atoms with Crippen molar-refractivity contribution in [3.63, 3.8) is 0 Å². The van der Waals surface area contributed by atoms with Gasteiger partial charge in [-0.15, -0.1) is 0 Å². The van der Waals surface area contributed by atoms with E-state index < -0.39 is 77.7 Å². The Labute approximate surface area is 501 Å². The lowest BCUT2D eigenvalue weighted by Gasteiger charge is -2.43. The molecule has 2 unspecified atom stereocenters. The minimum absolute atomic E-state index is 0.0174. The fourth-order valence-electron chi connectivity index (χ4n) is 11.1. The van der Waals surface area contributed by atoms with E-state index in [0.29, 0.717) is 45.5 Å². The first-order chi connectivity index (χ1) is 39.0. The summed E-state index contributed by atoms with van der Waals surface area (Å²) in [6, 6.07) is 8.14. The summed E-state index contributed by atoms with van der Waals surface area (Å²) in [4.78, 5) is 98.4. The molecule has 1 fully saturated rings. The van der Waals surface area contributed by atoms with E-state index in [4.69, 9.17) is 65.7 Å². The Balaban J connectivity index is 1.01. The number of likely N-dealkylation sites (N-methyl/N-ethyl adjacent to an activating group) is 2. The van der Waals surface area contributed by atoms with Gasteiger partial charge < -0.3 is 54.4 Å². The number of benzene rings is 3. The Bertz CT molecular complexity index is 3920. The summed E-state index contributed by atoms with van der Waals surface area (Å²) >= 11 is 28.2. The minimum Gasteiger partial charge on any atom is -0.756 e. The summed E-state index contributed by atoms with van der Waals surface area (Å²) in [7, 11) is -16.1. The molecule has 5 heterocycles. The van der Waals surface area contributed by atoms with E-state index in [1.165, 1.54) is 17.1 Å². The van der Waals surface area contributed by atoms with Crippen LogP contribution in [0.5, 0.6) is 11.5 Å². The van der Waals surface area contributed by atoms with Gasteiger partial charge >= 0.3 is 21.3 Å². The molecule has 454 valence electrons.